The third-order valence-electron chi connectivity index (χ3n) is 1.75. The average Bonchev–Trinajstić information content (AvgIpc) is 2.25. The van der Waals surface area contributed by atoms with E-state index in [1.807, 2.05) is 0 Å². The van der Waals surface area contributed by atoms with E-state index in [-0.39, 0.29) is 0 Å². The Bertz CT molecular complexity index is 396. The lowest BCUT2D eigenvalue weighted by molar-refractivity contribution is 0.480. The fourth-order valence-electron chi connectivity index (χ4n) is 1.06. The first-order chi connectivity index (χ1) is 7.24. The third kappa shape index (κ3) is 2.85. The average molecular weight is 240 g/mol. The van der Waals surface area contributed by atoms with E-state index in [2.05, 4.69) is 4.98 Å². The van der Waals surface area contributed by atoms with Crippen molar-refractivity contribution in [3.8, 4) is 11.5 Å². The molecular weight excluding hydrogens is 233 g/mol. The second-order valence-electron chi connectivity index (χ2n) is 2.87. The molecule has 2 nitrogen and oxygen atoms in total. The van der Waals surface area contributed by atoms with Gasteiger partial charge < -0.3 is 4.74 Å². The monoisotopic (exact) mass is 239 g/mol. The first kappa shape index (κ1) is 10.3. The third-order valence-corrected chi connectivity index (χ3v) is 2.23. The molecule has 0 amide bonds. The highest BCUT2D eigenvalue weighted by Gasteiger charge is 1.97. The number of pyridine rings is 1. The van der Waals surface area contributed by atoms with Gasteiger partial charge in [0.2, 0.25) is 0 Å². The summed E-state index contributed by atoms with van der Waals surface area (Å²) in [6.07, 6.45) is 1.57. The number of ether oxygens (including phenoxy) is 1. The quantitative estimate of drug-likeness (QED) is 0.734. The fraction of sp³-hybridized carbons (Fsp3) is 0. The van der Waals surface area contributed by atoms with Crippen LogP contribution in [0, 0.1) is 0 Å². The molecule has 0 unspecified atom stereocenters. The van der Waals surface area contributed by atoms with Crippen LogP contribution in [0.2, 0.25) is 10.2 Å². The Morgan fingerprint density at radius 1 is 0.867 bits per heavy atom. The summed E-state index contributed by atoms with van der Waals surface area (Å²) in [4.78, 5) is 3.91. The first-order valence-electron chi connectivity index (χ1n) is 4.29. The molecule has 0 N–H and O–H groups in total. The van der Waals surface area contributed by atoms with E-state index in [0.717, 1.165) is 0 Å². The lowest BCUT2D eigenvalue weighted by Gasteiger charge is -2.04. The van der Waals surface area contributed by atoms with Gasteiger partial charge in [0.15, 0.2) is 0 Å². The highest BCUT2D eigenvalue weighted by atomic mass is 35.5. The molecule has 0 saturated heterocycles. The summed E-state index contributed by atoms with van der Waals surface area (Å²) < 4.78 is 5.51. The Kier molecular flexibility index (Phi) is 3.09. The summed E-state index contributed by atoms with van der Waals surface area (Å²) >= 11 is 11.4. The van der Waals surface area contributed by atoms with E-state index in [1.54, 1.807) is 42.6 Å². The zero-order valence-corrected chi connectivity index (χ0v) is 9.16. The molecule has 76 valence electrons. The predicted molar refractivity (Wildman–Crippen MR) is 60.8 cm³/mol. The van der Waals surface area contributed by atoms with Crippen molar-refractivity contribution in [1.29, 1.82) is 0 Å². The van der Waals surface area contributed by atoms with Gasteiger partial charge in [-0.2, -0.15) is 0 Å². The second kappa shape index (κ2) is 4.51. The molecule has 0 saturated carbocycles. The van der Waals surface area contributed by atoms with Gasteiger partial charge in [-0.15, -0.1) is 0 Å². The summed E-state index contributed by atoms with van der Waals surface area (Å²) in [5.41, 5.74) is 0. The van der Waals surface area contributed by atoms with Crippen LogP contribution >= 0.6 is 23.2 Å². The van der Waals surface area contributed by atoms with Gasteiger partial charge in [0.05, 0.1) is 6.20 Å². The van der Waals surface area contributed by atoms with E-state index in [4.69, 9.17) is 27.9 Å². The van der Waals surface area contributed by atoms with Crippen molar-refractivity contribution in [2.45, 2.75) is 0 Å². The molecule has 0 aliphatic rings. The van der Waals surface area contributed by atoms with Gasteiger partial charge in [-0.25, -0.2) is 4.98 Å². The zero-order valence-electron chi connectivity index (χ0n) is 7.65. The summed E-state index contributed by atoms with van der Waals surface area (Å²) in [6, 6.07) is 10.5. The van der Waals surface area contributed by atoms with Crippen molar-refractivity contribution < 1.29 is 4.74 Å². The normalized spacial score (nSPS) is 10.0. The van der Waals surface area contributed by atoms with Gasteiger partial charge in [0.1, 0.15) is 16.7 Å². The summed E-state index contributed by atoms with van der Waals surface area (Å²) in [5, 5.41) is 1.12. The minimum Gasteiger partial charge on any atom is -0.456 e. The molecule has 1 aromatic heterocycles. The van der Waals surface area contributed by atoms with Crippen molar-refractivity contribution in [1.82, 2.24) is 4.98 Å². The molecule has 15 heavy (non-hydrogen) atoms. The van der Waals surface area contributed by atoms with E-state index in [9.17, 15) is 0 Å². The van der Waals surface area contributed by atoms with Gasteiger partial charge in [-0.3, -0.25) is 0 Å². The van der Waals surface area contributed by atoms with Crippen LogP contribution in [0.4, 0.5) is 0 Å². The number of benzene rings is 1. The summed E-state index contributed by atoms with van der Waals surface area (Å²) in [6.45, 7) is 0. The summed E-state index contributed by atoms with van der Waals surface area (Å²) in [5.74, 6) is 1.35. The Hall–Kier alpha value is -1.25. The SMILES string of the molecule is Clc1ccc(Oc2ccc(Cl)nc2)cc1. The maximum absolute atomic E-state index is 5.75. The lowest BCUT2D eigenvalue weighted by Crippen LogP contribution is -1.84. The zero-order chi connectivity index (χ0) is 10.7. The van der Waals surface area contributed by atoms with Crippen LogP contribution < -0.4 is 4.74 Å². The van der Waals surface area contributed by atoms with Crippen LogP contribution in [0.5, 0.6) is 11.5 Å². The van der Waals surface area contributed by atoms with E-state index >= 15 is 0 Å². The van der Waals surface area contributed by atoms with Crippen LogP contribution in [0.1, 0.15) is 0 Å². The van der Waals surface area contributed by atoms with Crippen molar-refractivity contribution in [2.75, 3.05) is 0 Å². The van der Waals surface area contributed by atoms with Crippen LogP contribution in [0.15, 0.2) is 42.6 Å². The van der Waals surface area contributed by atoms with Crippen molar-refractivity contribution in [3.05, 3.63) is 52.8 Å². The number of hydrogen-bond donors (Lipinski definition) is 0. The minimum atomic E-state index is 0.443. The van der Waals surface area contributed by atoms with E-state index < -0.39 is 0 Å². The van der Waals surface area contributed by atoms with Gasteiger partial charge in [-0.1, -0.05) is 23.2 Å². The Morgan fingerprint density at radius 2 is 1.53 bits per heavy atom. The van der Waals surface area contributed by atoms with Crippen LogP contribution in [-0.2, 0) is 0 Å². The van der Waals surface area contributed by atoms with Crippen LogP contribution in [0.25, 0.3) is 0 Å². The van der Waals surface area contributed by atoms with E-state index in [1.165, 1.54) is 0 Å². The topological polar surface area (TPSA) is 22.1 Å². The molecule has 0 atom stereocenters. The molecule has 0 spiro atoms. The molecule has 1 heterocycles. The molecule has 2 aromatic rings. The molecule has 2 rings (SSSR count). The van der Waals surface area contributed by atoms with Gasteiger partial charge in [0.25, 0.3) is 0 Å². The fourth-order valence-corrected chi connectivity index (χ4v) is 1.30. The second-order valence-corrected chi connectivity index (χ2v) is 3.70. The van der Waals surface area contributed by atoms with Crippen molar-refractivity contribution in [3.63, 3.8) is 0 Å². The largest absolute Gasteiger partial charge is 0.456 e. The van der Waals surface area contributed by atoms with Crippen LogP contribution in [-0.4, -0.2) is 4.98 Å². The number of nitrogens with zero attached hydrogens (tertiary/aromatic N) is 1. The maximum Gasteiger partial charge on any atom is 0.145 e. The number of rotatable bonds is 2. The van der Waals surface area contributed by atoms with E-state index in [0.29, 0.717) is 21.7 Å². The van der Waals surface area contributed by atoms with Crippen LogP contribution in [0.3, 0.4) is 0 Å². The van der Waals surface area contributed by atoms with Gasteiger partial charge in [0, 0.05) is 5.02 Å². The molecular formula is C11H7Cl2NO. The molecule has 4 heteroatoms. The molecule has 0 aliphatic carbocycles. The molecule has 0 aliphatic heterocycles. The van der Waals surface area contributed by atoms with Gasteiger partial charge in [-0.05, 0) is 36.4 Å². The Labute approximate surface area is 97.4 Å². The lowest BCUT2D eigenvalue weighted by atomic mass is 10.3. The molecule has 0 fully saturated rings. The predicted octanol–water partition coefficient (Wildman–Crippen LogP) is 4.18. The highest BCUT2D eigenvalue weighted by molar-refractivity contribution is 6.30. The highest BCUT2D eigenvalue weighted by Crippen LogP contribution is 2.22. The molecule has 1 aromatic carbocycles. The smallest absolute Gasteiger partial charge is 0.145 e. The maximum atomic E-state index is 5.75. The minimum absolute atomic E-state index is 0.443. The Balaban J connectivity index is 2.15. The van der Waals surface area contributed by atoms with Gasteiger partial charge >= 0.3 is 0 Å². The van der Waals surface area contributed by atoms with Crippen molar-refractivity contribution in [2.24, 2.45) is 0 Å². The Morgan fingerprint density at radius 3 is 2.13 bits per heavy atom. The number of aromatic nitrogens is 1. The molecule has 0 bridgehead atoms. The first-order valence-corrected chi connectivity index (χ1v) is 5.04. The van der Waals surface area contributed by atoms with Crippen molar-refractivity contribution >= 4 is 23.2 Å². The number of hydrogen-bond acceptors (Lipinski definition) is 2. The summed E-state index contributed by atoms with van der Waals surface area (Å²) in [7, 11) is 0. The number of halogens is 2. The molecule has 0 radical (unpaired) electrons. The standard InChI is InChI=1S/C11H7Cl2NO/c12-8-1-3-9(4-2-8)15-10-5-6-11(13)14-7-10/h1-7H.